The van der Waals surface area contributed by atoms with E-state index in [2.05, 4.69) is 39.8 Å². The van der Waals surface area contributed by atoms with Crippen LogP contribution in [-0.4, -0.2) is 39.3 Å². The summed E-state index contributed by atoms with van der Waals surface area (Å²) in [4.78, 5) is 12.7. The van der Waals surface area contributed by atoms with Gasteiger partial charge in [0.1, 0.15) is 0 Å². The van der Waals surface area contributed by atoms with E-state index in [4.69, 9.17) is 10.2 Å². The lowest BCUT2D eigenvalue weighted by atomic mass is 9.89. The van der Waals surface area contributed by atoms with Gasteiger partial charge in [-0.25, -0.2) is 4.68 Å². The third-order valence-electron chi connectivity index (χ3n) is 3.64. The Morgan fingerprint density at radius 1 is 1.26 bits per heavy atom. The number of hydrogen-bond acceptors (Lipinski definition) is 3. The molecule has 0 unspecified atom stereocenters. The van der Waals surface area contributed by atoms with E-state index in [1.165, 1.54) is 5.56 Å². The Morgan fingerprint density at radius 3 is 2.39 bits per heavy atom. The standard InChI is InChI=1S/C18H25N3O2/c1-13-6-8-15(9-7-13)21-11-14(10-20(5)12-16(22)23)17(19-21)18(2,3)4/h6-9,11H,10,12H2,1-5H3,(H,22,23). The fourth-order valence-corrected chi connectivity index (χ4v) is 2.56. The summed E-state index contributed by atoms with van der Waals surface area (Å²) in [7, 11) is 1.81. The highest BCUT2D eigenvalue weighted by molar-refractivity contribution is 5.69. The Hall–Kier alpha value is -2.14. The number of carboxylic acids is 1. The number of rotatable bonds is 5. The summed E-state index contributed by atoms with van der Waals surface area (Å²) in [5.74, 6) is -0.823. The summed E-state index contributed by atoms with van der Waals surface area (Å²) in [5, 5.41) is 13.7. The molecule has 0 amide bonds. The van der Waals surface area contributed by atoms with Crippen LogP contribution in [0.25, 0.3) is 5.69 Å². The summed E-state index contributed by atoms with van der Waals surface area (Å²) in [6.07, 6.45) is 2.00. The van der Waals surface area contributed by atoms with Crippen molar-refractivity contribution in [2.75, 3.05) is 13.6 Å². The molecule has 0 aliphatic carbocycles. The van der Waals surface area contributed by atoms with Gasteiger partial charge in [0.2, 0.25) is 0 Å². The predicted molar refractivity (Wildman–Crippen MR) is 91.0 cm³/mol. The number of nitrogens with zero attached hydrogens (tertiary/aromatic N) is 3. The Kier molecular flexibility index (Phi) is 4.90. The van der Waals surface area contributed by atoms with E-state index in [-0.39, 0.29) is 12.0 Å². The molecule has 2 aromatic rings. The SMILES string of the molecule is Cc1ccc(-n2cc(CN(C)CC(=O)O)c(C(C)(C)C)n2)cc1. The third-order valence-corrected chi connectivity index (χ3v) is 3.64. The van der Waals surface area contributed by atoms with Gasteiger partial charge in [0.05, 0.1) is 17.9 Å². The molecule has 0 saturated heterocycles. The van der Waals surface area contributed by atoms with Gasteiger partial charge in [-0.3, -0.25) is 9.69 Å². The lowest BCUT2D eigenvalue weighted by molar-refractivity contribution is -0.138. The average molecular weight is 315 g/mol. The Bertz CT molecular complexity index is 681. The van der Waals surface area contributed by atoms with E-state index in [1.807, 2.05) is 30.1 Å². The van der Waals surface area contributed by atoms with Crippen LogP contribution >= 0.6 is 0 Å². The van der Waals surface area contributed by atoms with Crippen LogP contribution in [0.3, 0.4) is 0 Å². The molecule has 2 rings (SSSR count). The first-order valence-corrected chi connectivity index (χ1v) is 7.73. The predicted octanol–water partition coefficient (Wildman–Crippen LogP) is 2.99. The van der Waals surface area contributed by atoms with Gasteiger partial charge in [0.15, 0.2) is 0 Å². The molecule has 0 aliphatic heterocycles. The maximum atomic E-state index is 10.9. The van der Waals surface area contributed by atoms with Crippen molar-refractivity contribution in [1.29, 1.82) is 0 Å². The molecule has 0 saturated carbocycles. The number of aliphatic carboxylic acids is 1. The van der Waals surface area contributed by atoms with Crippen LogP contribution < -0.4 is 0 Å². The van der Waals surface area contributed by atoms with Gasteiger partial charge in [-0.05, 0) is 26.1 Å². The second-order valence-corrected chi connectivity index (χ2v) is 7.10. The fourth-order valence-electron chi connectivity index (χ4n) is 2.56. The van der Waals surface area contributed by atoms with E-state index in [0.29, 0.717) is 6.54 Å². The lowest BCUT2D eigenvalue weighted by Gasteiger charge is -2.20. The normalized spacial score (nSPS) is 11.9. The third kappa shape index (κ3) is 4.42. The number of likely N-dealkylation sites (N-methyl/N-ethyl adjacent to an activating group) is 1. The van der Waals surface area contributed by atoms with Gasteiger partial charge in [0.25, 0.3) is 0 Å². The van der Waals surface area contributed by atoms with Crippen molar-refractivity contribution in [3.05, 3.63) is 47.3 Å². The molecule has 124 valence electrons. The number of aromatic nitrogens is 2. The smallest absolute Gasteiger partial charge is 0.317 e. The summed E-state index contributed by atoms with van der Waals surface area (Å²) in [6.45, 7) is 8.99. The van der Waals surface area contributed by atoms with Crippen molar-refractivity contribution in [1.82, 2.24) is 14.7 Å². The maximum Gasteiger partial charge on any atom is 0.317 e. The number of carboxylic acid groups (broad SMARTS) is 1. The van der Waals surface area contributed by atoms with Crippen molar-refractivity contribution in [3.63, 3.8) is 0 Å². The molecule has 23 heavy (non-hydrogen) atoms. The fraction of sp³-hybridized carbons (Fsp3) is 0.444. The maximum absolute atomic E-state index is 10.9. The van der Waals surface area contributed by atoms with Crippen LogP contribution in [0, 0.1) is 6.92 Å². The molecular weight excluding hydrogens is 290 g/mol. The number of hydrogen-bond donors (Lipinski definition) is 1. The molecule has 1 N–H and O–H groups in total. The molecule has 0 bridgehead atoms. The van der Waals surface area contributed by atoms with Gasteiger partial charge in [-0.1, -0.05) is 38.5 Å². The summed E-state index contributed by atoms with van der Waals surface area (Å²) in [5.41, 5.74) is 4.17. The molecule has 5 nitrogen and oxygen atoms in total. The van der Waals surface area contributed by atoms with Gasteiger partial charge >= 0.3 is 5.97 Å². The minimum absolute atomic E-state index is 0.0132. The first-order valence-electron chi connectivity index (χ1n) is 7.73. The zero-order valence-electron chi connectivity index (χ0n) is 14.5. The van der Waals surface area contributed by atoms with Crippen LogP contribution in [0.4, 0.5) is 0 Å². The highest BCUT2D eigenvalue weighted by Crippen LogP contribution is 2.26. The average Bonchev–Trinajstić information content (AvgIpc) is 2.82. The van der Waals surface area contributed by atoms with E-state index >= 15 is 0 Å². The van der Waals surface area contributed by atoms with E-state index in [1.54, 1.807) is 4.90 Å². The minimum atomic E-state index is -0.823. The molecule has 5 heteroatoms. The van der Waals surface area contributed by atoms with Crippen molar-refractivity contribution in [3.8, 4) is 5.69 Å². The van der Waals surface area contributed by atoms with Gasteiger partial charge in [-0.15, -0.1) is 0 Å². The van der Waals surface area contributed by atoms with Crippen LogP contribution in [0.1, 0.15) is 37.6 Å². The summed E-state index contributed by atoms with van der Waals surface area (Å²) >= 11 is 0. The Labute approximate surface area is 137 Å². The quantitative estimate of drug-likeness (QED) is 0.921. The van der Waals surface area contributed by atoms with E-state index < -0.39 is 5.97 Å². The monoisotopic (exact) mass is 315 g/mol. The second-order valence-electron chi connectivity index (χ2n) is 7.10. The molecule has 1 aromatic heterocycles. The van der Waals surface area contributed by atoms with E-state index in [9.17, 15) is 4.79 Å². The first-order chi connectivity index (χ1) is 10.7. The van der Waals surface area contributed by atoms with Gasteiger partial charge in [-0.2, -0.15) is 5.10 Å². The molecule has 0 radical (unpaired) electrons. The van der Waals surface area contributed by atoms with Gasteiger partial charge in [0, 0.05) is 23.7 Å². The van der Waals surface area contributed by atoms with E-state index in [0.717, 1.165) is 16.9 Å². The molecule has 1 heterocycles. The topological polar surface area (TPSA) is 58.4 Å². The van der Waals surface area contributed by atoms with Crippen molar-refractivity contribution in [2.24, 2.45) is 0 Å². The van der Waals surface area contributed by atoms with Crippen molar-refractivity contribution < 1.29 is 9.90 Å². The van der Waals surface area contributed by atoms with Crippen LogP contribution in [0.5, 0.6) is 0 Å². The zero-order valence-corrected chi connectivity index (χ0v) is 14.5. The Balaban J connectivity index is 2.36. The number of aryl methyl sites for hydroxylation is 1. The molecule has 0 atom stereocenters. The van der Waals surface area contributed by atoms with Crippen LogP contribution in [0.2, 0.25) is 0 Å². The Morgan fingerprint density at radius 2 is 1.87 bits per heavy atom. The van der Waals surface area contributed by atoms with Crippen LogP contribution in [0.15, 0.2) is 30.5 Å². The molecular formula is C18H25N3O2. The minimum Gasteiger partial charge on any atom is -0.480 e. The summed E-state index contributed by atoms with van der Waals surface area (Å²) in [6, 6.07) is 8.20. The first kappa shape index (κ1) is 17.2. The summed E-state index contributed by atoms with van der Waals surface area (Å²) < 4.78 is 1.88. The zero-order chi connectivity index (χ0) is 17.2. The molecule has 0 aliphatic rings. The van der Waals surface area contributed by atoms with Crippen molar-refractivity contribution in [2.45, 2.75) is 39.7 Å². The highest BCUT2D eigenvalue weighted by Gasteiger charge is 2.23. The van der Waals surface area contributed by atoms with Crippen molar-refractivity contribution >= 4 is 5.97 Å². The number of carbonyl (C=O) groups is 1. The number of benzene rings is 1. The van der Waals surface area contributed by atoms with Crippen LogP contribution in [-0.2, 0) is 16.8 Å². The lowest BCUT2D eigenvalue weighted by Crippen LogP contribution is -2.26. The molecule has 0 fully saturated rings. The highest BCUT2D eigenvalue weighted by atomic mass is 16.4. The molecule has 1 aromatic carbocycles. The largest absolute Gasteiger partial charge is 0.480 e. The molecule has 0 spiro atoms. The van der Waals surface area contributed by atoms with Gasteiger partial charge < -0.3 is 5.11 Å². The second kappa shape index (κ2) is 6.54.